The lowest BCUT2D eigenvalue weighted by Crippen LogP contribution is -2.30. The number of anilines is 1. The number of aryl methyl sites for hydroxylation is 1. The molecule has 10 heteroatoms. The van der Waals surface area contributed by atoms with E-state index in [4.69, 9.17) is 0 Å². The Morgan fingerprint density at radius 2 is 2.10 bits per heavy atom. The fourth-order valence-electron chi connectivity index (χ4n) is 3.32. The number of thiophene rings is 1. The molecular weight excluding hydrogens is 408 g/mol. The predicted octanol–water partition coefficient (Wildman–Crippen LogP) is 2.98. The van der Waals surface area contributed by atoms with Crippen LogP contribution in [0, 0.1) is 0 Å². The van der Waals surface area contributed by atoms with Crippen LogP contribution in [0.2, 0.25) is 0 Å². The van der Waals surface area contributed by atoms with Gasteiger partial charge in [0.25, 0.3) is 5.91 Å². The normalized spacial score (nSPS) is 16.2. The lowest BCUT2D eigenvalue weighted by molar-refractivity contribution is -0.113. The SMILES string of the molecule is Cn1nnnc1SCC(=O)Nc1ccc(C(=O)N2CCCC2c2cccs2)cc1. The van der Waals surface area contributed by atoms with Gasteiger partial charge in [0, 0.05) is 29.7 Å². The summed E-state index contributed by atoms with van der Waals surface area (Å²) in [6.45, 7) is 0.772. The second-order valence-corrected chi connectivity index (χ2v) is 8.59. The molecule has 0 spiro atoms. The standard InChI is InChI=1S/C19H20N6O2S2/c1-24-19(21-22-23-24)29-12-17(26)20-14-8-6-13(7-9-14)18(27)25-10-2-4-15(25)16-5-3-11-28-16/h3,5-9,11,15H,2,4,10,12H2,1H3,(H,20,26). The molecule has 3 aromatic rings. The first kappa shape index (κ1) is 19.6. The van der Waals surface area contributed by atoms with E-state index in [1.165, 1.54) is 21.3 Å². The Balaban J connectivity index is 1.35. The first-order chi connectivity index (χ1) is 14.1. The number of thioether (sulfide) groups is 1. The maximum Gasteiger partial charge on any atom is 0.254 e. The van der Waals surface area contributed by atoms with Gasteiger partial charge in [-0.2, -0.15) is 0 Å². The summed E-state index contributed by atoms with van der Waals surface area (Å²) in [7, 11) is 1.72. The highest BCUT2D eigenvalue weighted by Crippen LogP contribution is 2.35. The molecular formula is C19H20N6O2S2. The Hall–Kier alpha value is -2.72. The molecule has 0 bridgehead atoms. The van der Waals surface area contributed by atoms with E-state index in [1.54, 1.807) is 42.6 Å². The van der Waals surface area contributed by atoms with E-state index in [9.17, 15) is 9.59 Å². The largest absolute Gasteiger partial charge is 0.331 e. The van der Waals surface area contributed by atoms with Gasteiger partial charge < -0.3 is 10.2 Å². The number of carbonyl (C=O) groups is 2. The summed E-state index contributed by atoms with van der Waals surface area (Å²) >= 11 is 2.95. The van der Waals surface area contributed by atoms with Gasteiger partial charge in [0.05, 0.1) is 11.8 Å². The van der Waals surface area contributed by atoms with Crippen LogP contribution in [0.5, 0.6) is 0 Å². The van der Waals surface area contributed by atoms with Crippen LogP contribution in [-0.2, 0) is 11.8 Å². The zero-order chi connectivity index (χ0) is 20.2. The van der Waals surface area contributed by atoms with E-state index in [2.05, 4.69) is 26.9 Å². The topological polar surface area (TPSA) is 93.0 Å². The van der Waals surface area contributed by atoms with E-state index in [0.29, 0.717) is 16.4 Å². The molecule has 1 atom stereocenters. The number of tetrazole rings is 1. The number of nitrogens with one attached hydrogen (secondary N) is 1. The van der Waals surface area contributed by atoms with Gasteiger partial charge in [-0.15, -0.1) is 16.4 Å². The highest BCUT2D eigenvalue weighted by Gasteiger charge is 2.31. The minimum absolute atomic E-state index is 0.0316. The third-order valence-corrected chi connectivity index (χ3v) is 6.70. The van der Waals surface area contributed by atoms with E-state index in [1.807, 2.05) is 16.3 Å². The molecule has 0 saturated carbocycles. The number of benzene rings is 1. The molecule has 0 aliphatic carbocycles. The molecule has 2 aromatic heterocycles. The van der Waals surface area contributed by atoms with Crippen molar-refractivity contribution in [2.75, 3.05) is 17.6 Å². The van der Waals surface area contributed by atoms with Crippen molar-refractivity contribution in [3.63, 3.8) is 0 Å². The fourth-order valence-corrected chi connectivity index (χ4v) is 4.84. The van der Waals surface area contributed by atoms with Crippen molar-refractivity contribution in [2.45, 2.75) is 24.0 Å². The Kier molecular flexibility index (Phi) is 5.91. The van der Waals surface area contributed by atoms with Crippen molar-refractivity contribution < 1.29 is 9.59 Å². The Bertz CT molecular complexity index is 987. The van der Waals surface area contributed by atoms with Crippen LogP contribution < -0.4 is 5.32 Å². The Morgan fingerprint density at radius 1 is 1.28 bits per heavy atom. The average Bonchev–Trinajstić information content (AvgIpc) is 3.48. The van der Waals surface area contributed by atoms with Gasteiger partial charge in [-0.05, 0) is 59.0 Å². The van der Waals surface area contributed by atoms with Crippen LogP contribution in [-0.4, -0.2) is 49.2 Å². The van der Waals surface area contributed by atoms with Crippen LogP contribution in [0.15, 0.2) is 46.9 Å². The first-order valence-corrected chi connectivity index (χ1v) is 11.1. The molecule has 4 rings (SSSR count). The summed E-state index contributed by atoms with van der Waals surface area (Å²) in [6, 6.07) is 11.3. The quantitative estimate of drug-likeness (QED) is 0.607. The molecule has 0 radical (unpaired) electrons. The minimum Gasteiger partial charge on any atom is -0.331 e. The number of likely N-dealkylation sites (tertiary alicyclic amines) is 1. The summed E-state index contributed by atoms with van der Waals surface area (Å²) in [5.74, 6) is 0.0732. The van der Waals surface area contributed by atoms with Gasteiger partial charge in [0.1, 0.15) is 0 Å². The van der Waals surface area contributed by atoms with E-state index in [0.717, 1.165) is 19.4 Å². The maximum atomic E-state index is 13.0. The highest BCUT2D eigenvalue weighted by molar-refractivity contribution is 7.99. The number of amides is 2. The fraction of sp³-hybridized carbons (Fsp3) is 0.316. The van der Waals surface area contributed by atoms with E-state index < -0.39 is 0 Å². The number of hydrogen-bond donors (Lipinski definition) is 1. The molecule has 1 aromatic carbocycles. The van der Waals surface area contributed by atoms with Gasteiger partial charge in [0.15, 0.2) is 0 Å². The Morgan fingerprint density at radius 3 is 2.79 bits per heavy atom. The number of rotatable bonds is 6. The van der Waals surface area contributed by atoms with Gasteiger partial charge >= 0.3 is 0 Å². The molecule has 1 unspecified atom stereocenters. The second-order valence-electron chi connectivity index (χ2n) is 6.67. The molecule has 1 N–H and O–H groups in total. The van der Waals surface area contributed by atoms with Crippen LogP contribution >= 0.6 is 23.1 Å². The molecule has 3 heterocycles. The van der Waals surface area contributed by atoms with Crippen LogP contribution in [0.3, 0.4) is 0 Å². The summed E-state index contributed by atoms with van der Waals surface area (Å²) in [5.41, 5.74) is 1.28. The third-order valence-electron chi connectivity index (χ3n) is 4.71. The number of carbonyl (C=O) groups excluding carboxylic acids is 2. The molecule has 29 heavy (non-hydrogen) atoms. The molecule has 1 aliphatic heterocycles. The molecule has 1 saturated heterocycles. The molecule has 2 amide bonds. The average molecular weight is 429 g/mol. The van der Waals surface area contributed by atoms with E-state index >= 15 is 0 Å². The molecule has 150 valence electrons. The number of aromatic nitrogens is 4. The zero-order valence-electron chi connectivity index (χ0n) is 15.8. The molecule has 1 aliphatic rings. The van der Waals surface area contributed by atoms with Crippen molar-refractivity contribution in [2.24, 2.45) is 7.05 Å². The number of hydrogen-bond acceptors (Lipinski definition) is 7. The third kappa shape index (κ3) is 4.48. The smallest absolute Gasteiger partial charge is 0.254 e. The summed E-state index contributed by atoms with van der Waals surface area (Å²) in [5, 5.41) is 16.6. The van der Waals surface area contributed by atoms with Crippen molar-refractivity contribution in [1.82, 2.24) is 25.1 Å². The summed E-state index contributed by atoms with van der Waals surface area (Å²) < 4.78 is 1.51. The summed E-state index contributed by atoms with van der Waals surface area (Å²) in [4.78, 5) is 28.3. The summed E-state index contributed by atoms with van der Waals surface area (Å²) in [6.07, 6.45) is 2.01. The maximum absolute atomic E-state index is 13.0. The van der Waals surface area contributed by atoms with Crippen molar-refractivity contribution in [3.8, 4) is 0 Å². The van der Waals surface area contributed by atoms with Gasteiger partial charge in [-0.1, -0.05) is 17.8 Å². The van der Waals surface area contributed by atoms with Crippen molar-refractivity contribution in [3.05, 3.63) is 52.2 Å². The first-order valence-electron chi connectivity index (χ1n) is 9.21. The highest BCUT2D eigenvalue weighted by atomic mass is 32.2. The molecule has 8 nitrogen and oxygen atoms in total. The van der Waals surface area contributed by atoms with Crippen LogP contribution in [0.4, 0.5) is 5.69 Å². The predicted molar refractivity (Wildman–Crippen MR) is 112 cm³/mol. The van der Waals surface area contributed by atoms with Crippen molar-refractivity contribution >= 4 is 40.6 Å². The number of nitrogens with zero attached hydrogens (tertiary/aromatic N) is 5. The van der Waals surface area contributed by atoms with Crippen molar-refractivity contribution in [1.29, 1.82) is 0 Å². The molecule has 1 fully saturated rings. The van der Waals surface area contributed by atoms with Crippen LogP contribution in [0.25, 0.3) is 0 Å². The Labute approximate surface area is 176 Å². The van der Waals surface area contributed by atoms with E-state index in [-0.39, 0.29) is 23.6 Å². The van der Waals surface area contributed by atoms with Gasteiger partial charge in [0.2, 0.25) is 11.1 Å². The second kappa shape index (κ2) is 8.75. The monoisotopic (exact) mass is 428 g/mol. The minimum atomic E-state index is -0.158. The lowest BCUT2D eigenvalue weighted by Gasteiger charge is -2.24. The zero-order valence-corrected chi connectivity index (χ0v) is 17.4. The van der Waals surface area contributed by atoms with Crippen LogP contribution in [0.1, 0.15) is 34.1 Å². The van der Waals surface area contributed by atoms with Gasteiger partial charge in [-0.3, -0.25) is 9.59 Å². The van der Waals surface area contributed by atoms with Gasteiger partial charge in [-0.25, -0.2) is 4.68 Å². The lowest BCUT2D eigenvalue weighted by atomic mass is 10.1.